The summed E-state index contributed by atoms with van der Waals surface area (Å²) < 4.78 is 38.0. The van der Waals surface area contributed by atoms with Gasteiger partial charge < -0.3 is 10.6 Å². The quantitative estimate of drug-likeness (QED) is 0.852. The molecule has 1 rings (SSSR count). The van der Waals surface area contributed by atoms with Gasteiger partial charge in [-0.15, -0.1) is 0 Å². The van der Waals surface area contributed by atoms with Gasteiger partial charge >= 0.3 is 6.18 Å². The Labute approximate surface area is 106 Å². The third kappa shape index (κ3) is 3.37. The molecule has 1 saturated carbocycles. The Bertz CT molecular complexity index is 296. The minimum Gasteiger partial charge on any atom is -0.344 e. The summed E-state index contributed by atoms with van der Waals surface area (Å²) in [6.45, 7) is 1.09. The maximum absolute atomic E-state index is 12.7. The lowest BCUT2D eigenvalue weighted by Gasteiger charge is -2.33. The second-order valence-corrected chi connectivity index (χ2v) is 5.39. The van der Waals surface area contributed by atoms with Gasteiger partial charge in [-0.1, -0.05) is 19.3 Å². The minimum atomic E-state index is -4.72. The van der Waals surface area contributed by atoms with Crippen LogP contribution in [0.1, 0.15) is 39.0 Å². The molecule has 106 valence electrons. The number of likely N-dealkylation sites (N-methyl/N-ethyl adjacent to an activating group) is 1. The van der Waals surface area contributed by atoms with Gasteiger partial charge in [-0.3, -0.25) is 4.79 Å². The minimum absolute atomic E-state index is 0.303. The van der Waals surface area contributed by atoms with Gasteiger partial charge in [-0.05, 0) is 25.7 Å². The molecule has 1 atom stereocenters. The highest BCUT2D eigenvalue weighted by molar-refractivity contribution is 5.86. The van der Waals surface area contributed by atoms with Crippen molar-refractivity contribution in [2.24, 2.45) is 11.7 Å². The third-order valence-corrected chi connectivity index (χ3v) is 3.64. The van der Waals surface area contributed by atoms with E-state index in [1.54, 1.807) is 0 Å². The number of hydrogen-bond acceptors (Lipinski definition) is 2. The fourth-order valence-corrected chi connectivity index (χ4v) is 2.36. The second kappa shape index (κ2) is 5.47. The average Bonchev–Trinajstić information content (AvgIpc) is 2.27. The number of carbonyl (C=O) groups is 1. The zero-order valence-corrected chi connectivity index (χ0v) is 10.9. The van der Waals surface area contributed by atoms with E-state index in [2.05, 4.69) is 0 Å². The molecule has 1 unspecified atom stereocenters. The van der Waals surface area contributed by atoms with Crippen LogP contribution in [0, 0.1) is 5.92 Å². The van der Waals surface area contributed by atoms with Gasteiger partial charge in [0.15, 0.2) is 5.54 Å². The first kappa shape index (κ1) is 15.3. The van der Waals surface area contributed by atoms with E-state index in [1.165, 1.54) is 13.5 Å². The van der Waals surface area contributed by atoms with Gasteiger partial charge in [0.25, 0.3) is 5.91 Å². The molecule has 18 heavy (non-hydrogen) atoms. The summed E-state index contributed by atoms with van der Waals surface area (Å²) in [6.07, 6.45) is 0.587. The molecule has 0 aromatic heterocycles. The van der Waals surface area contributed by atoms with Crippen molar-refractivity contribution in [3.8, 4) is 0 Å². The number of halogens is 3. The van der Waals surface area contributed by atoms with Crippen molar-refractivity contribution in [3.05, 3.63) is 0 Å². The highest BCUT2D eigenvalue weighted by atomic mass is 19.4. The molecule has 1 fully saturated rings. The maximum atomic E-state index is 12.7. The molecule has 1 amide bonds. The van der Waals surface area contributed by atoms with Crippen LogP contribution in [0.25, 0.3) is 0 Å². The molecular weight excluding hydrogens is 245 g/mol. The Balaban J connectivity index is 2.60. The summed E-state index contributed by atoms with van der Waals surface area (Å²) >= 11 is 0. The first-order valence-electron chi connectivity index (χ1n) is 6.27. The number of nitrogens with two attached hydrogens (primary N) is 1. The average molecular weight is 266 g/mol. The molecule has 6 heteroatoms. The topological polar surface area (TPSA) is 46.3 Å². The van der Waals surface area contributed by atoms with Crippen LogP contribution in [0.3, 0.4) is 0 Å². The van der Waals surface area contributed by atoms with Gasteiger partial charge in [0.2, 0.25) is 0 Å². The van der Waals surface area contributed by atoms with E-state index in [4.69, 9.17) is 5.73 Å². The predicted octanol–water partition coefficient (Wildman–Crippen LogP) is 2.30. The highest BCUT2D eigenvalue weighted by Crippen LogP contribution is 2.30. The molecule has 1 aliphatic rings. The summed E-state index contributed by atoms with van der Waals surface area (Å²) in [4.78, 5) is 12.9. The van der Waals surface area contributed by atoms with Crippen molar-refractivity contribution in [1.82, 2.24) is 4.90 Å². The summed E-state index contributed by atoms with van der Waals surface area (Å²) in [5, 5.41) is 0. The van der Waals surface area contributed by atoms with Crippen LogP contribution in [0.4, 0.5) is 13.2 Å². The Morgan fingerprint density at radius 1 is 1.28 bits per heavy atom. The first-order valence-corrected chi connectivity index (χ1v) is 6.27. The van der Waals surface area contributed by atoms with Crippen molar-refractivity contribution < 1.29 is 18.0 Å². The van der Waals surface area contributed by atoms with Gasteiger partial charge in [0.05, 0.1) is 0 Å². The van der Waals surface area contributed by atoms with Gasteiger partial charge in [-0.25, -0.2) is 0 Å². The number of hydrogen-bond donors (Lipinski definition) is 1. The van der Waals surface area contributed by atoms with Crippen molar-refractivity contribution in [3.63, 3.8) is 0 Å². The number of nitrogens with zero attached hydrogens (tertiary/aromatic N) is 1. The van der Waals surface area contributed by atoms with E-state index in [-0.39, 0.29) is 0 Å². The molecule has 0 heterocycles. The van der Waals surface area contributed by atoms with E-state index in [9.17, 15) is 18.0 Å². The van der Waals surface area contributed by atoms with Crippen molar-refractivity contribution in [1.29, 1.82) is 0 Å². The zero-order valence-electron chi connectivity index (χ0n) is 10.9. The summed E-state index contributed by atoms with van der Waals surface area (Å²) in [6, 6.07) is 0. The first-order chi connectivity index (χ1) is 8.16. The fraction of sp³-hybridized carbons (Fsp3) is 0.917. The Hall–Kier alpha value is -0.780. The predicted molar refractivity (Wildman–Crippen MR) is 62.9 cm³/mol. The van der Waals surface area contributed by atoms with Crippen LogP contribution in [0.5, 0.6) is 0 Å². The smallest absolute Gasteiger partial charge is 0.344 e. The number of carbonyl (C=O) groups excluding carboxylic acids is 1. The fourth-order valence-electron chi connectivity index (χ4n) is 2.36. The molecule has 2 N–H and O–H groups in total. The SMILES string of the molecule is CN(CC1CCCCC1)C(=O)C(C)(N)C(F)(F)F. The molecule has 0 bridgehead atoms. The van der Waals surface area contributed by atoms with Crippen LogP contribution in [0.2, 0.25) is 0 Å². The van der Waals surface area contributed by atoms with E-state index in [0.717, 1.165) is 37.5 Å². The van der Waals surface area contributed by atoms with Crippen molar-refractivity contribution in [2.75, 3.05) is 13.6 Å². The molecule has 0 radical (unpaired) electrons. The van der Waals surface area contributed by atoms with Gasteiger partial charge in [-0.2, -0.15) is 13.2 Å². The molecule has 1 aliphatic carbocycles. The van der Waals surface area contributed by atoms with E-state index >= 15 is 0 Å². The molecule has 0 aliphatic heterocycles. The lowest BCUT2D eigenvalue weighted by Crippen LogP contribution is -2.61. The monoisotopic (exact) mass is 266 g/mol. The molecule has 0 aromatic carbocycles. The lowest BCUT2D eigenvalue weighted by molar-refractivity contribution is -0.193. The van der Waals surface area contributed by atoms with Gasteiger partial charge in [0, 0.05) is 13.6 Å². The number of rotatable bonds is 3. The second-order valence-electron chi connectivity index (χ2n) is 5.39. The van der Waals surface area contributed by atoms with Crippen LogP contribution in [-0.4, -0.2) is 36.1 Å². The summed E-state index contributed by atoms with van der Waals surface area (Å²) in [5.41, 5.74) is 2.33. The van der Waals surface area contributed by atoms with Crippen LogP contribution in [0.15, 0.2) is 0 Å². The summed E-state index contributed by atoms with van der Waals surface area (Å²) in [5.74, 6) is -0.752. The van der Waals surface area contributed by atoms with Crippen LogP contribution < -0.4 is 5.73 Å². The largest absolute Gasteiger partial charge is 0.415 e. The zero-order chi connectivity index (χ0) is 14.0. The summed E-state index contributed by atoms with van der Waals surface area (Å²) in [7, 11) is 1.40. The number of amides is 1. The maximum Gasteiger partial charge on any atom is 0.415 e. The normalized spacial score (nSPS) is 21.4. The van der Waals surface area contributed by atoms with E-state index < -0.39 is 17.6 Å². The molecule has 0 spiro atoms. The molecule has 3 nitrogen and oxygen atoms in total. The lowest BCUT2D eigenvalue weighted by atomic mass is 9.88. The van der Waals surface area contributed by atoms with Gasteiger partial charge in [0.1, 0.15) is 0 Å². The highest BCUT2D eigenvalue weighted by Gasteiger charge is 2.55. The number of alkyl halides is 3. The molecule has 0 aromatic rings. The standard InChI is InChI=1S/C12H21F3N2O/c1-11(16,12(13,14)15)10(18)17(2)8-9-6-4-3-5-7-9/h9H,3-8,16H2,1-2H3. The molecular formula is C12H21F3N2O. The van der Waals surface area contributed by atoms with Crippen molar-refractivity contribution in [2.45, 2.75) is 50.7 Å². The van der Waals surface area contributed by atoms with E-state index in [0.29, 0.717) is 12.5 Å². The Morgan fingerprint density at radius 2 is 1.78 bits per heavy atom. The van der Waals surface area contributed by atoms with Crippen LogP contribution in [-0.2, 0) is 4.79 Å². The molecule has 0 saturated heterocycles. The van der Waals surface area contributed by atoms with Crippen molar-refractivity contribution >= 4 is 5.91 Å². The Kier molecular flexibility index (Phi) is 4.64. The third-order valence-electron chi connectivity index (χ3n) is 3.64. The van der Waals surface area contributed by atoms with E-state index in [1.807, 2.05) is 0 Å². The Morgan fingerprint density at radius 3 is 2.22 bits per heavy atom. The van der Waals surface area contributed by atoms with Crippen LogP contribution >= 0.6 is 0 Å².